The Balaban J connectivity index is 1.44. The van der Waals surface area contributed by atoms with Gasteiger partial charge in [0.2, 0.25) is 5.88 Å². The van der Waals surface area contributed by atoms with Crippen molar-refractivity contribution in [3.63, 3.8) is 0 Å². The Bertz CT molecular complexity index is 1140. The molecule has 0 bridgehead atoms. The maximum atomic E-state index is 14.4. The van der Waals surface area contributed by atoms with Crippen LogP contribution in [0.3, 0.4) is 0 Å². The van der Waals surface area contributed by atoms with Gasteiger partial charge in [0, 0.05) is 42.9 Å². The molecule has 0 amide bonds. The highest BCUT2D eigenvalue weighted by Gasteiger charge is 2.25. The van der Waals surface area contributed by atoms with Crippen LogP contribution in [0.5, 0.6) is 5.88 Å². The van der Waals surface area contributed by atoms with Gasteiger partial charge in [-0.3, -0.25) is 9.58 Å². The highest BCUT2D eigenvalue weighted by Crippen LogP contribution is 2.31. The van der Waals surface area contributed by atoms with Crippen LogP contribution in [-0.2, 0) is 28.9 Å². The van der Waals surface area contributed by atoms with Crippen molar-refractivity contribution < 1.29 is 18.6 Å². The summed E-state index contributed by atoms with van der Waals surface area (Å²) in [5.41, 5.74) is 4.31. The van der Waals surface area contributed by atoms with Gasteiger partial charge in [-0.15, -0.1) is 0 Å². The molecule has 5 heterocycles. The Morgan fingerprint density at radius 3 is 2.85 bits per heavy atom. The number of aromatic nitrogens is 5. The van der Waals surface area contributed by atoms with Gasteiger partial charge in [-0.1, -0.05) is 0 Å². The normalized spacial score (nSPS) is 19.3. The van der Waals surface area contributed by atoms with Crippen LogP contribution in [0.1, 0.15) is 25.1 Å². The fraction of sp³-hybridized carbons (Fsp3) is 0.542. The van der Waals surface area contributed by atoms with Crippen LogP contribution in [0.15, 0.2) is 24.7 Å². The second-order valence-corrected chi connectivity index (χ2v) is 9.02. The van der Waals surface area contributed by atoms with E-state index in [-0.39, 0.29) is 12.0 Å². The van der Waals surface area contributed by atoms with Crippen molar-refractivity contribution in [3.05, 3.63) is 41.7 Å². The Hall–Kier alpha value is -2.82. The van der Waals surface area contributed by atoms with Crippen molar-refractivity contribution in [2.45, 2.75) is 45.4 Å². The summed E-state index contributed by atoms with van der Waals surface area (Å²) < 4.78 is 34.9. The summed E-state index contributed by atoms with van der Waals surface area (Å²) in [6.07, 6.45) is 6.93. The largest absolute Gasteiger partial charge is 0.479 e. The molecule has 1 atom stereocenters. The molecule has 10 heteroatoms. The fourth-order valence-corrected chi connectivity index (χ4v) is 4.69. The number of hydrogen-bond acceptors (Lipinski definition) is 7. The molecule has 2 aliphatic rings. The molecule has 0 aromatic carbocycles. The van der Waals surface area contributed by atoms with Gasteiger partial charge < -0.3 is 14.2 Å². The number of hydrogen-bond donors (Lipinski definition) is 0. The Labute approximate surface area is 198 Å². The lowest BCUT2D eigenvalue weighted by molar-refractivity contribution is -0.0469. The third kappa shape index (κ3) is 4.57. The number of halogens is 1. The molecule has 3 aromatic heterocycles. The van der Waals surface area contributed by atoms with E-state index in [1.165, 1.54) is 13.2 Å². The zero-order valence-electron chi connectivity index (χ0n) is 19.9. The van der Waals surface area contributed by atoms with Gasteiger partial charge in [-0.25, -0.2) is 14.1 Å². The van der Waals surface area contributed by atoms with Crippen molar-refractivity contribution in [3.8, 4) is 22.8 Å². The van der Waals surface area contributed by atoms with Crippen LogP contribution in [0.25, 0.3) is 16.9 Å². The summed E-state index contributed by atoms with van der Waals surface area (Å²) in [6, 6.07) is 1.92. The Morgan fingerprint density at radius 2 is 2.06 bits per heavy atom. The standard InChI is InChI=1S/C24H31FN6O3/c1-16(2)29-6-9-34-19(14-29)15-30-13-18(12-27-30)31-22-5-8-33-7-4-20(22)23(28-31)17-10-21(25)24(32-3)26-11-17/h10-13,16,19H,4-9,14-15H2,1-3H3/t19-/m0/s1. The van der Waals surface area contributed by atoms with Crippen molar-refractivity contribution in [1.82, 2.24) is 29.4 Å². The first-order chi connectivity index (χ1) is 16.5. The predicted octanol–water partition coefficient (Wildman–Crippen LogP) is 2.50. The zero-order chi connectivity index (χ0) is 23.7. The van der Waals surface area contributed by atoms with E-state index < -0.39 is 5.82 Å². The number of morpholine rings is 1. The topological polar surface area (TPSA) is 79.5 Å². The van der Waals surface area contributed by atoms with Gasteiger partial charge >= 0.3 is 0 Å². The van der Waals surface area contributed by atoms with Crippen LogP contribution >= 0.6 is 0 Å². The van der Waals surface area contributed by atoms with Gasteiger partial charge in [0.25, 0.3) is 0 Å². The van der Waals surface area contributed by atoms with E-state index in [1.807, 2.05) is 21.8 Å². The highest BCUT2D eigenvalue weighted by molar-refractivity contribution is 5.65. The van der Waals surface area contributed by atoms with Crippen LogP contribution in [0.2, 0.25) is 0 Å². The van der Waals surface area contributed by atoms with Gasteiger partial charge in [-0.2, -0.15) is 10.2 Å². The number of rotatable bonds is 6. The molecular weight excluding hydrogens is 439 g/mol. The van der Waals surface area contributed by atoms with Crippen LogP contribution in [0, 0.1) is 5.82 Å². The summed E-state index contributed by atoms with van der Waals surface area (Å²) in [7, 11) is 1.40. The molecular formula is C24H31FN6O3. The molecule has 1 saturated heterocycles. The first-order valence-electron chi connectivity index (χ1n) is 11.8. The SMILES string of the molecule is COc1ncc(-c2nn(-c3cnn(C[C@@H]4CN(C(C)C)CCO4)c3)c3c2CCOCC3)cc1F. The zero-order valence-corrected chi connectivity index (χ0v) is 19.9. The number of pyridine rings is 1. The first kappa shape index (κ1) is 22.9. The average Bonchev–Trinajstić information content (AvgIpc) is 3.35. The summed E-state index contributed by atoms with van der Waals surface area (Å²) in [6.45, 7) is 8.90. The molecule has 1 fully saturated rings. The molecule has 0 saturated carbocycles. The minimum Gasteiger partial charge on any atom is -0.479 e. The molecule has 0 unspecified atom stereocenters. The van der Waals surface area contributed by atoms with Crippen molar-refractivity contribution >= 4 is 0 Å². The van der Waals surface area contributed by atoms with E-state index >= 15 is 0 Å². The highest BCUT2D eigenvalue weighted by atomic mass is 19.1. The minimum atomic E-state index is -0.510. The molecule has 0 radical (unpaired) electrons. The molecule has 34 heavy (non-hydrogen) atoms. The Kier molecular flexibility index (Phi) is 6.62. The third-order valence-corrected chi connectivity index (χ3v) is 6.50. The molecule has 0 N–H and O–H groups in total. The van der Waals surface area contributed by atoms with Gasteiger partial charge in [0.05, 0.1) is 63.4 Å². The number of ether oxygens (including phenoxy) is 3. The van der Waals surface area contributed by atoms with Gasteiger partial charge in [-0.05, 0) is 26.3 Å². The molecule has 5 rings (SSSR count). The quantitative estimate of drug-likeness (QED) is 0.548. The van der Waals surface area contributed by atoms with Crippen LogP contribution in [0.4, 0.5) is 4.39 Å². The molecule has 0 spiro atoms. The van der Waals surface area contributed by atoms with Crippen molar-refractivity contribution in [1.29, 1.82) is 0 Å². The molecule has 0 aliphatic carbocycles. The van der Waals surface area contributed by atoms with E-state index in [0.717, 1.165) is 36.6 Å². The Morgan fingerprint density at radius 1 is 1.21 bits per heavy atom. The summed E-state index contributed by atoms with van der Waals surface area (Å²) >= 11 is 0. The van der Waals surface area contributed by atoms with E-state index in [1.54, 1.807) is 6.20 Å². The third-order valence-electron chi connectivity index (χ3n) is 6.50. The molecule has 182 valence electrons. The van der Waals surface area contributed by atoms with E-state index in [4.69, 9.17) is 19.3 Å². The van der Waals surface area contributed by atoms with Crippen LogP contribution < -0.4 is 4.74 Å². The lowest BCUT2D eigenvalue weighted by atomic mass is 10.0. The van der Waals surface area contributed by atoms with Crippen molar-refractivity contribution in [2.24, 2.45) is 0 Å². The molecule has 3 aromatic rings. The monoisotopic (exact) mass is 470 g/mol. The summed E-state index contributed by atoms with van der Waals surface area (Å²) in [5.74, 6) is -0.538. The van der Waals surface area contributed by atoms with Crippen LogP contribution in [-0.4, -0.2) is 81.6 Å². The van der Waals surface area contributed by atoms with E-state index in [0.29, 0.717) is 49.9 Å². The smallest absolute Gasteiger partial charge is 0.250 e. The van der Waals surface area contributed by atoms with Gasteiger partial charge in [0.1, 0.15) is 5.69 Å². The summed E-state index contributed by atoms with van der Waals surface area (Å²) in [5, 5.41) is 9.47. The second-order valence-electron chi connectivity index (χ2n) is 9.02. The fourth-order valence-electron chi connectivity index (χ4n) is 4.69. The number of nitrogens with zero attached hydrogens (tertiary/aromatic N) is 6. The lowest BCUT2D eigenvalue weighted by Crippen LogP contribution is -2.47. The second kappa shape index (κ2) is 9.81. The maximum Gasteiger partial charge on any atom is 0.250 e. The maximum absolute atomic E-state index is 14.4. The molecule has 9 nitrogen and oxygen atoms in total. The number of methoxy groups -OCH3 is 1. The van der Waals surface area contributed by atoms with Gasteiger partial charge in [0.15, 0.2) is 5.82 Å². The average molecular weight is 471 g/mol. The summed E-state index contributed by atoms with van der Waals surface area (Å²) in [4.78, 5) is 6.53. The number of fused-ring (bicyclic) bond motifs is 1. The lowest BCUT2D eigenvalue weighted by Gasteiger charge is -2.35. The van der Waals surface area contributed by atoms with Crippen molar-refractivity contribution in [2.75, 3.05) is 40.0 Å². The van der Waals surface area contributed by atoms with E-state index in [9.17, 15) is 4.39 Å². The minimum absolute atomic E-state index is 0.0279. The first-order valence-corrected chi connectivity index (χ1v) is 11.8. The predicted molar refractivity (Wildman–Crippen MR) is 124 cm³/mol. The molecule has 2 aliphatic heterocycles. The van der Waals surface area contributed by atoms with E-state index in [2.05, 4.69) is 28.8 Å².